The summed E-state index contributed by atoms with van der Waals surface area (Å²) >= 11 is 0. The molecule has 14 nitrogen and oxygen atoms in total. The molecule has 320 valence electrons. The van der Waals surface area contributed by atoms with E-state index in [1.165, 1.54) is 0 Å². The average molecular weight is 866 g/mol. The molecule has 0 saturated carbocycles. The van der Waals surface area contributed by atoms with Crippen LogP contribution in [0.1, 0.15) is 25.8 Å². The van der Waals surface area contributed by atoms with Crippen molar-refractivity contribution in [2.24, 2.45) is 5.92 Å². The topological polar surface area (TPSA) is 196 Å². The maximum absolute atomic E-state index is 12.9. The van der Waals surface area contributed by atoms with E-state index in [-0.39, 0.29) is 11.8 Å². The zero-order chi connectivity index (χ0) is 44.5. The van der Waals surface area contributed by atoms with Crippen molar-refractivity contribution in [2.75, 3.05) is 5.32 Å². The maximum atomic E-state index is 12.9. The molecule has 0 fully saturated rings. The summed E-state index contributed by atoms with van der Waals surface area (Å²) in [7, 11) is 0. The average Bonchev–Trinajstić information content (AvgIpc) is 4.19. The zero-order valence-electron chi connectivity index (χ0n) is 35.9. The largest absolute Gasteiger partial charge is 0.472 e. The summed E-state index contributed by atoms with van der Waals surface area (Å²) < 4.78 is 11.5. The Morgan fingerprint density at radius 2 is 1.38 bits per heavy atom. The van der Waals surface area contributed by atoms with Gasteiger partial charge < -0.3 is 24.1 Å². The Balaban J connectivity index is 1.00. The number of furan rings is 2. The number of aromatic amines is 4. The highest BCUT2D eigenvalue weighted by molar-refractivity contribution is 6.08. The van der Waals surface area contributed by atoms with Crippen molar-refractivity contribution < 1.29 is 13.6 Å². The van der Waals surface area contributed by atoms with Crippen LogP contribution in [0.3, 0.4) is 0 Å². The van der Waals surface area contributed by atoms with Gasteiger partial charge in [0.15, 0.2) is 0 Å². The summed E-state index contributed by atoms with van der Waals surface area (Å²) in [6.45, 7) is 6.08. The van der Waals surface area contributed by atoms with Crippen molar-refractivity contribution in [3.63, 3.8) is 0 Å². The van der Waals surface area contributed by atoms with Gasteiger partial charge in [0.25, 0.3) is 0 Å². The first-order chi connectivity index (χ1) is 32.3. The Kier molecular flexibility index (Phi) is 9.05. The van der Waals surface area contributed by atoms with Crippen molar-refractivity contribution in [3.05, 3.63) is 140 Å². The van der Waals surface area contributed by atoms with Crippen LogP contribution >= 0.6 is 0 Å². The summed E-state index contributed by atoms with van der Waals surface area (Å²) in [5.41, 5.74) is 18.0. The molecule has 1 amide bonds. The number of hydrogen-bond donors (Lipinski definition) is 5. The first-order valence-electron chi connectivity index (χ1n) is 21.6. The van der Waals surface area contributed by atoms with Gasteiger partial charge in [0, 0.05) is 80.2 Å². The molecule has 0 unspecified atom stereocenters. The van der Waals surface area contributed by atoms with Crippen LogP contribution in [0.25, 0.3) is 123 Å². The highest BCUT2D eigenvalue weighted by atomic mass is 16.3. The number of carbonyl (C=O) groups is 1. The van der Waals surface area contributed by atoms with Crippen LogP contribution in [0.4, 0.5) is 5.69 Å². The van der Waals surface area contributed by atoms with Crippen LogP contribution in [0.15, 0.2) is 144 Å². The van der Waals surface area contributed by atoms with E-state index in [0.717, 1.165) is 106 Å². The molecular weight excluding hydrogens is 827 g/mol. The van der Waals surface area contributed by atoms with Gasteiger partial charge in [0.1, 0.15) is 22.4 Å². The van der Waals surface area contributed by atoms with E-state index >= 15 is 0 Å². The molecule has 10 heterocycles. The number of nitrogens with zero attached hydrogens (tertiary/aromatic N) is 6. The molecule has 10 aromatic heterocycles. The summed E-state index contributed by atoms with van der Waals surface area (Å²) in [5.74, 6) is 0.128. The molecule has 2 aromatic carbocycles. The Morgan fingerprint density at radius 3 is 2.15 bits per heavy atom. The number of nitrogens with one attached hydrogen (secondary N) is 5. The van der Waals surface area contributed by atoms with Gasteiger partial charge in [0.2, 0.25) is 5.91 Å². The third kappa shape index (κ3) is 6.62. The third-order valence-corrected chi connectivity index (χ3v) is 12.1. The molecular formula is C52H39N11O3. The number of amides is 1. The number of aryl methyl sites for hydroxylation is 1. The monoisotopic (exact) mass is 865 g/mol. The maximum Gasteiger partial charge on any atom is 0.224 e. The quantitative estimate of drug-likeness (QED) is 0.0888. The van der Waals surface area contributed by atoms with Crippen LogP contribution in [0, 0.1) is 12.8 Å². The van der Waals surface area contributed by atoms with Gasteiger partial charge in [-0.1, -0.05) is 38.1 Å². The first-order valence-corrected chi connectivity index (χ1v) is 21.6. The Morgan fingerprint density at radius 1 is 0.636 bits per heavy atom. The minimum absolute atomic E-state index is 0.0785. The number of benzene rings is 2. The summed E-state index contributed by atoms with van der Waals surface area (Å²) in [6.07, 6.45) is 14.4. The van der Waals surface area contributed by atoms with Gasteiger partial charge in [-0.15, -0.1) is 0 Å². The molecule has 0 saturated heterocycles. The smallest absolute Gasteiger partial charge is 0.224 e. The lowest BCUT2D eigenvalue weighted by Gasteiger charge is -2.11. The lowest BCUT2D eigenvalue weighted by molar-refractivity contribution is -0.116. The predicted octanol–water partition coefficient (Wildman–Crippen LogP) is 12.1. The van der Waals surface area contributed by atoms with Crippen LogP contribution in [-0.4, -0.2) is 56.2 Å². The molecule has 0 radical (unpaired) electrons. The minimum Gasteiger partial charge on any atom is -0.472 e. The molecule has 12 aromatic rings. The number of H-pyrrole nitrogens is 4. The Labute approximate surface area is 375 Å². The normalized spacial score (nSPS) is 11.8. The van der Waals surface area contributed by atoms with Gasteiger partial charge in [-0.25, -0.2) is 9.97 Å². The predicted molar refractivity (Wildman–Crippen MR) is 256 cm³/mol. The summed E-state index contributed by atoms with van der Waals surface area (Å²) in [4.78, 5) is 39.3. The van der Waals surface area contributed by atoms with Crippen LogP contribution in [0.5, 0.6) is 0 Å². The zero-order valence-corrected chi connectivity index (χ0v) is 35.9. The number of anilines is 1. The van der Waals surface area contributed by atoms with E-state index in [9.17, 15) is 4.79 Å². The lowest BCUT2D eigenvalue weighted by Crippen LogP contribution is -2.14. The van der Waals surface area contributed by atoms with E-state index in [1.54, 1.807) is 43.6 Å². The fourth-order valence-electron chi connectivity index (χ4n) is 8.93. The highest BCUT2D eigenvalue weighted by Crippen LogP contribution is 2.43. The van der Waals surface area contributed by atoms with E-state index in [2.05, 4.69) is 72.7 Å². The molecule has 0 spiro atoms. The van der Waals surface area contributed by atoms with Crippen molar-refractivity contribution in [2.45, 2.75) is 27.2 Å². The van der Waals surface area contributed by atoms with E-state index in [4.69, 9.17) is 29.0 Å². The number of fused-ring (bicyclic) bond motifs is 4. The second-order valence-electron chi connectivity index (χ2n) is 16.9. The van der Waals surface area contributed by atoms with Crippen LogP contribution < -0.4 is 5.32 Å². The number of pyridine rings is 4. The number of carbonyl (C=O) groups excluding carboxylic acids is 1. The number of aromatic nitrogens is 10. The molecule has 0 aliphatic rings. The molecule has 12 rings (SSSR count). The van der Waals surface area contributed by atoms with Gasteiger partial charge in [-0.2, -0.15) is 10.2 Å². The molecule has 0 aliphatic heterocycles. The number of rotatable bonds is 10. The first kappa shape index (κ1) is 38.7. The van der Waals surface area contributed by atoms with Crippen molar-refractivity contribution in [3.8, 4) is 78.7 Å². The third-order valence-electron chi connectivity index (χ3n) is 12.1. The fourth-order valence-corrected chi connectivity index (χ4v) is 8.93. The molecule has 0 aliphatic carbocycles. The molecule has 0 atom stereocenters. The molecule has 0 bridgehead atoms. The van der Waals surface area contributed by atoms with Crippen LogP contribution in [0.2, 0.25) is 0 Å². The van der Waals surface area contributed by atoms with Gasteiger partial charge >= 0.3 is 0 Å². The second-order valence-corrected chi connectivity index (χ2v) is 16.9. The standard InChI is InChI=1S/C52H39N11O3/c1-27(2)16-47(64)55-31-17-30(21-54-22-31)44-20-36(48-52(59-44)51(63-61-48)46-18-34-32(29-13-15-65-24-29)6-4-8-40(34)56-46)39-26-66-25-38(39)33-7-5-9-41-35(33)19-45(57-41)50-49-43(60-62-50)11-10-42(58-49)37-23-53-14-12-28(37)3/h4-15,17-27,56-57H,16H2,1-3H3,(H,55,64)(H,60,62)(H,61,63). The minimum atomic E-state index is -0.0785. The number of hydrogen-bond acceptors (Lipinski definition) is 9. The van der Waals surface area contributed by atoms with Crippen molar-refractivity contribution >= 4 is 55.5 Å². The SMILES string of the molecule is Cc1ccncc1-c1ccc2[nH]nc(-c3cc4c(-c5cocc5-c5cc(-c6cncc(NC(=O)CC(C)C)c6)nc6c(-c7cc8c(-c9ccoc9)cccc8[nH]7)n[nH]c56)cccc4[nH]3)c2n1. The van der Waals surface area contributed by atoms with Gasteiger partial charge in [0.05, 0.1) is 70.7 Å². The molecule has 66 heavy (non-hydrogen) atoms. The lowest BCUT2D eigenvalue weighted by atomic mass is 9.95. The van der Waals surface area contributed by atoms with E-state index < -0.39 is 0 Å². The fraction of sp³-hybridized carbons (Fsp3) is 0.0962. The highest BCUT2D eigenvalue weighted by Gasteiger charge is 2.24. The Bertz CT molecular complexity index is 3810. The van der Waals surface area contributed by atoms with Crippen LogP contribution in [-0.2, 0) is 4.79 Å². The van der Waals surface area contributed by atoms with E-state index in [1.807, 2.05) is 74.6 Å². The van der Waals surface area contributed by atoms with Gasteiger partial charge in [-0.3, -0.25) is 25.0 Å². The van der Waals surface area contributed by atoms with Gasteiger partial charge in [-0.05, 0) is 90.2 Å². The van der Waals surface area contributed by atoms with Crippen molar-refractivity contribution in [1.82, 2.24) is 50.3 Å². The summed E-state index contributed by atoms with van der Waals surface area (Å²) in [5, 5.41) is 21.2. The molecule has 5 N–H and O–H groups in total. The Hall–Kier alpha value is -8.91. The second kappa shape index (κ2) is 15.4. The van der Waals surface area contributed by atoms with Crippen molar-refractivity contribution in [1.29, 1.82) is 0 Å². The molecule has 14 heteroatoms. The summed E-state index contributed by atoms with van der Waals surface area (Å²) in [6, 6.07) is 28.4. The van der Waals surface area contributed by atoms with E-state index in [0.29, 0.717) is 34.7 Å².